The minimum Gasteiger partial charge on any atom is -0.380 e. The van der Waals surface area contributed by atoms with Crippen molar-refractivity contribution in [3.8, 4) is 0 Å². The second-order valence-electron chi connectivity index (χ2n) is 68.6. The van der Waals surface area contributed by atoms with E-state index in [-0.39, 0.29) is 106 Å². The molecule has 1 heterocycles. The fourth-order valence-electron chi connectivity index (χ4n) is 18.6. The molecule has 0 N–H and O–H groups in total. The minimum absolute atomic E-state index is 0.00694. The predicted octanol–water partition coefficient (Wildman–Crippen LogP) is 52.4. The van der Waals surface area contributed by atoms with Crippen LogP contribution in [-0.2, 0) is 4.74 Å². The number of halogens is 15. The van der Waals surface area contributed by atoms with Gasteiger partial charge >= 0.3 is 0 Å². The van der Waals surface area contributed by atoms with E-state index in [4.69, 9.17) is 4.74 Å². The summed E-state index contributed by atoms with van der Waals surface area (Å²) in [6.07, 6.45) is 16.3. The zero-order valence-electron chi connectivity index (χ0n) is 115. The molecule has 0 aromatic carbocycles. The van der Waals surface area contributed by atoms with Gasteiger partial charge in [-0.15, -0.1) is 0 Å². The molecule has 1 nitrogen and oxygen atoms in total. The molecule has 6 unspecified atom stereocenters. The quantitative estimate of drug-likeness (QED) is 0.0876. The lowest BCUT2D eigenvalue weighted by Crippen LogP contribution is -2.42. The van der Waals surface area contributed by atoms with Crippen LogP contribution in [0.15, 0.2) is 0 Å². The average Bonchev–Trinajstić information content (AvgIpc) is 1.68. The highest BCUT2D eigenvalue weighted by Gasteiger charge is 2.42. The molecule has 0 amide bonds. The fourth-order valence-corrected chi connectivity index (χ4v) is 18.6. The summed E-state index contributed by atoms with van der Waals surface area (Å²) >= 11 is 0. The van der Waals surface area contributed by atoms with Crippen molar-refractivity contribution in [2.24, 2.45) is 121 Å². The van der Waals surface area contributed by atoms with Crippen molar-refractivity contribution in [1.29, 1.82) is 0 Å². The van der Waals surface area contributed by atoms with Crippen LogP contribution in [0.2, 0.25) is 0 Å². The van der Waals surface area contributed by atoms with Crippen LogP contribution in [0.3, 0.4) is 0 Å². The molecule has 0 aromatic rings. The van der Waals surface area contributed by atoms with Crippen molar-refractivity contribution in [2.45, 2.75) is 731 Å². The van der Waals surface area contributed by atoms with Crippen LogP contribution in [0.1, 0.15) is 672 Å². The SMILES string of the molecule is CC(C)(C)CC(C)(C)C.CC(C)(C)CC(C)(C)F.CC(C)(C)CC(C)(F)F.CC(C)(C)CC(F)F.CC(C)(C)CC1(C)CC1.CC(C)(C)CC1(C)COC1.CC(C)CC(C)(C)C.CCC(C)(F)CC(C)(C)C.CCC(C)(F)CC(C)(C)C.CCC(C)(F)CC(C)(C)C.CCC(C)CC(C)(C)C.CCC(C)CC(C)(C)C.CCC(F)(F)CC(C)(C)C.CCC(F)(F)CC(C)(C)C.CCC(F)(F)CC(C)(C)C.CCC(F)CC(C)(C)C. The molecule has 0 radical (unpaired) electrons. The van der Waals surface area contributed by atoms with Crippen LogP contribution >= 0.6 is 0 Å². The molecule has 1 saturated heterocycles. The summed E-state index contributed by atoms with van der Waals surface area (Å²) in [7, 11) is 0. The highest BCUT2D eigenvalue weighted by Crippen LogP contribution is 2.53. The Labute approximate surface area is 930 Å². The first-order valence-corrected chi connectivity index (χ1v) is 58.5. The Morgan fingerprint density at radius 1 is 0.215 bits per heavy atom. The summed E-state index contributed by atoms with van der Waals surface area (Å²) in [5.41, 5.74) is 0.125. The largest absolute Gasteiger partial charge is 0.380 e. The maximum atomic E-state index is 13.3. The van der Waals surface area contributed by atoms with Crippen molar-refractivity contribution in [3.05, 3.63) is 0 Å². The van der Waals surface area contributed by atoms with E-state index < -0.39 is 59.0 Å². The molecule has 2 fully saturated rings. The van der Waals surface area contributed by atoms with E-state index in [1.165, 1.54) is 85.0 Å². The molecule has 1 aliphatic carbocycles. The molecule has 1 aliphatic heterocycles. The van der Waals surface area contributed by atoms with Crippen molar-refractivity contribution in [1.82, 2.24) is 0 Å². The molecule has 2 aliphatic rings. The lowest BCUT2D eigenvalue weighted by atomic mass is 9.74. The Bertz CT molecular complexity index is 2570. The standard InChI is InChI=1S/3C9H19F.C9H18O.C9H18.3C9H20.3C8H16F2.2C8H17F.C8H18.C7H14F2.C6H12F2/c3*1-6-9(5,10)7-8(2,3)4;1-8(2,3)5-9(4)6-10-7-9;1-8(2,3)7-9(4)5-6-9;1-8(2,3)7-9(4,5)6;2*1-6-8(2)7-9(3,4)5;3*1-5-8(9,10)6-7(2,3)4;1-7(2,3)6-8(4,5)9;1-5-7(9)6-8(2,3)4;1-7(2)6-8(3,4)5;1-6(2,3)5-7(4,8)9;1-6(2,3)4-5(7)8/h3*6-7H2,1-5H3;5-7H2,1-4H3;5-7H2,1-4H3;7H2,1-6H3;2*8H,6-7H2,1-5H3;3*5-6H2,1-4H3;6H2,1-5H3;7H,5-6H2,1-4H3;7H,6H2,1-5H3;5H2,1-4H3;5H,4H2,1-3H3. The van der Waals surface area contributed by atoms with Crippen molar-refractivity contribution < 1.29 is 70.6 Å². The molecule has 922 valence electrons. The Kier molecular flexibility index (Phi) is 88.1. The van der Waals surface area contributed by atoms with E-state index in [1.807, 2.05) is 132 Å². The zero-order chi connectivity index (χ0) is 125. The fraction of sp³-hybridized carbons (Fsp3) is 1.00. The van der Waals surface area contributed by atoms with Gasteiger partial charge in [-0.1, -0.05) is 470 Å². The molecule has 149 heavy (non-hydrogen) atoms. The van der Waals surface area contributed by atoms with E-state index >= 15 is 0 Å². The minimum atomic E-state index is -2.52. The van der Waals surface area contributed by atoms with Gasteiger partial charge in [-0.25, -0.2) is 65.9 Å². The van der Waals surface area contributed by atoms with Gasteiger partial charge in [-0.3, -0.25) is 0 Å². The molecule has 16 heteroatoms. The topological polar surface area (TPSA) is 9.23 Å². The zero-order valence-corrected chi connectivity index (χ0v) is 115. The molecule has 0 aromatic heterocycles. The number of hydrogen-bond donors (Lipinski definition) is 0. The molecular formula is C133H279F15O. The summed E-state index contributed by atoms with van der Waals surface area (Å²) in [4.78, 5) is 0. The van der Waals surface area contributed by atoms with Crippen molar-refractivity contribution >= 4 is 0 Å². The monoisotopic (exact) mass is 2180 g/mol. The number of rotatable bonds is 24. The lowest BCUT2D eigenvalue weighted by molar-refractivity contribution is -0.119. The maximum absolute atomic E-state index is 13.3. The lowest BCUT2D eigenvalue weighted by Gasteiger charge is -2.42. The first kappa shape index (κ1) is 178. The second kappa shape index (κ2) is 73.8. The van der Waals surface area contributed by atoms with Gasteiger partial charge in [0.15, 0.2) is 0 Å². The highest BCUT2D eigenvalue weighted by atomic mass is 19.3. The van der Waals surface area contributed by atoms with Gasteiger partial charge in [-0.2, -0.15) is 0 Å². The smallest absolute Gasteiger partial charge is 0.248 e. The number of hydrogen-bond acceptors (Lipinski definition) is 1. The Morgan fingerprint density at radius 2 is 0.416 bits per heavy atom. The van der Waals surface area contributed by atoms with Crippen LogP contribution in [0.4, 0.5) is 65.9 Å². The summed E-state index contributed by atoms with van der Waals surface area (Å²) in [5.74, 6) is -7.31. The van der Waals surface area contributed by atoms with Crippen molar-refractivity contribution in [3.63, 3.8) is 0 Å². The van der Waals surface area contributed by atoms with Crippen LogP contribution in [0, 0.1) is 121 Å². The van der Waals surface area contributed by atoms with Gasteiger partial charge in [0.05, 0.1) is 13.2 Å². The van der Waals surface area contributed by atoms with Gasteiger partial charge in [0, 0.05) is 56.8 Å². The predicted molar refractivity (Wildman–Crippen MR) is 647 cm³/mol. The summed E-state index contributed by atoms with van der Waals surface area (Å²) in [6.45, 7) is 148. The third kappa shape index (κ3) is 192. The molecule has 6 atom stereocenters. The van der Waals surface area contributed by atoms with Gasteiger partial charge in [0.2, 0.25) is 30.1 Å². The van der Waals surface area contributed by atoms with E-state index in [0.717, 1.165) is 43.3 Å². The number of ether oxygens (including phenoxy) is 1. The highest BCUT2D eigenvalue weighted by molar-refractivity contribution is 4.92. The third-order valence-corrected chi connectivity index (χ3v) is 22.0. The van der Waals surface area contributed by atoms with Crippen LogP contribution < -0.4 is 0 Å². The summed E-state index contributed by atoms with van der Waals surface area (Å²) in [6, 6.07) is 0. The Balaban J connectivity index is -0.000000109. The molecule has 2 rings (SSSR count). The van der Waals surface area contributed by atoms with Gasteiger partial charge in [0.1, 0.15) is 28.8 Å². The summed E-state index contributed by atoms with van der Waals surface area (Å²) in [5, 5.41) is 0. The second-order valence-corrected chi connectivity index (χ2v) is 68.6. The van der Waals surface area contributed by atoms with E-state index in [2.05, 4.69) is 284 Å². The van der Waals surface area contributed by atoms with Gasteiger partial charge in [-0.05, 0) is 266 Å². The van der Waals surface area contributed by atoms with Gasteiger partial charge in [0.25, 0.3) is 0 Å². The third-order valence-electron chi connectivity index (χ3n) is 22.0. The summed E-state index contributed by atoms with van der Waals surface area (Å²) < 4.78 is 194. The molecule has 0 bridgehead atoms. The van der Waals surface area contributed by atoms with Gasteiger partial charge < -0.3 is 4.74 Å². The maximum Gasteiger partial charge on any atom is 0.248 e. The number of alkyl halides is 15. The first-order chi connectivity index (χ1) is 63.8. The van der Waals surface area contributed by atoms with E-state index in [9.17, 15) is 65.9 Å². The molecular weight excluding hydrogens is 1900 g/mol. The van der Waals surface area contributed by atoms with Crippen LogP contribution in [-0.4, -0.2) is 72.2 Å². The Morgan fingerprint density at radius 3 is 0.456 bits per heavy atom. The first-order valence-electron chi connectivity index (χ1n) is 58.5. The molecule has 1 saturated carbocycles. The normalized spacial score (nSPS) is 16.3. The van der Waals surface area contributed by atoms with Crippen molar-refractivity contribution in [2.75, 3.05) is 13.2 Å². The van der Waals surface area contributed by atoms with Crippen LogP contribution in [0.25, 0.3) is 0 Å². The van der Waals surface area contributed by atoms with Crippen LogP contribution in [0.5, 0.6) is 0 Å². The molecule has 0 spiro atoms. The van der Waals surface area contributed by atoms with E-state index in [1.54, 1.807) is 55.4 Å². The average molecular weight is 2180 g/mol. The van der Waals surface area contributed by atoms with E-state index in [0.29, 0.717) is 101 Å². The Hall–Kier alpha value is -1.09.